The maximum absolute atomic E-state index is 11.8. The third-order valence-corrected chi connectivity index (χ3v) is 2.79. The van der Waals surface area contributed by atoms with E-state index in [0.29, 0.717) is 5.56 Å². The van der Waals surface area contributed by atoms with Gasteiger partial charge in [-0.15, -0.1) is 0 Å². The lowest BCUT2D eigenvalue weighted by molar-refractivity contribution is -0.383. The molecule has 0 aliphatic carbocycles. The van der Waals surface area contributed by atoms with E-state index in [1.165, 1.54) is 36.7 Å². The first-order chi connectivity index (χ1) is 10.6. The molecule has 0 aliphatic rings. The fourth-order valence-electron chi connectivity index (χ4n) is 1.58. The molecule has 0 bridgehead atoms. The number of benzene rings is 1. The van der Waals surface area contributed by atoms with Gasteiger partial charge in [-0.25, -0.2) is 0 Å². The molecule has 2 rings (SSSR count). The highest BCUT2D eigenvalue weighted by molar-refractivity contribution is 7.80. The summed E-state index contributed by atoms with van der Waals surface area (Å²) < 4.78 is 0. The van der Waals surface area contributed by atoms with E-state index in [0.717, 1.165) is 0 Å². The fourth-order valence-corrected chi connectivity index (χ4v) is 1.74. The number of nitrogens with one attached hydrogen (secondary N) is 3. The van der Waals surface area contributed by atoms with Gasteiger partial charge in [0.05, 0.1) is 4.92 Å². The Balaban J connectivity index is 1.94. The van der Waals surface area contributed by atoms with Crippen LogP contribution in [0.5, 0.6) is 0 Å². The van der Waals surface area contributed by atoms with Crippen molar-refractivity contribution in [1.29, 1.82) is 0 Å². The molecule has 1 aromatic carbocycles. The van der Waals surface area contributed by atoms with Crippen LogP contribution in [0.25, 0.3) is 0 Å². The summed E-state index contributed by atoms with van der Waals surface area (Å²) in [6.07, 6.45) is 2.97. The van der Waals surface area contributed by atoms with Gasteiger partial charge in [0.25, 0.3) is 11.6 Å². The molecule has 1 amide bonds. The average molecular weight is 317 g/mol. The largest absolute Gasteiger partial charge is 0.326 e. The number of nitro groups is 1. The number of nitro benzene ring substituents is 1. The van der Waals surface area contributed by atoms with Crippen LogP contribution in [0.4, 0.5) is 11.4 Å². The van der Waals surface area contributed by atoms with E-state index in [-0.39, 0.29) is 16.5 Å². The second kappa shape index (κ2) is 7.09. The lowest BCUT2D eigenvalue weighted by atomic mass is 10.2. The molecule has 0 saturated heterocycles. The van der Waals surface area contributed by atoms with Crippen LogP contribution in [0.3, 0.4) is 0 Å². The van der Waals surface area contributed by atoms with E-state index in [2.05, 4.69) is 21.2 Å². The van der Waals surface area contributed by atoms with Crippen LogP contribution in [-0.2, 0) is 0 Å². The van der Waals surface area contributed by atoms with Gasteiger partial charge in [0.1, 0.15) is 5.69 Å². The number of amides is 1. The number of pyridine rings is 1. The molecule has 112 valence electrons. The summed E-state index contributed by atoms with van der Waals surface area (Å²) in [7, 11) is 0. The van der Waals surface area contributed by atoms with Gasteiger partial charge in [0.15, 0.2) is 5.11 Å². The van der Waals surface area contributed by atoms with Gasteiger partial charge >= 0.3 is 0 Å². The normalized spacial score (nSPS) is 9.64. The monoisotopic (exact) mass is 317 g/mol. The van der Waals surface area contributed by atoms with E-state index in [1.807, 2.05) is 0 Å². The summed E-state index contributed by atoms with van der Waals surface area (Å²) in [5.41, 5.74) is 5.36. The molecule has 0 atom stereocenters. The molecular weight excluding hydrogens is 306 g/mol. The summed E-state index contributed by atoms with van der Waals surface area (Å²) in [5, 5.41) is 13.6. The number of hydrogen-bond donors (Lipinski definition) is 3. The Hall–Kier alpha value is -3.07. The molecule has 0 aliphatic heterocycles. The van der Waals surface area contributed by atoms with Crippen molar-refractivity contribution in [3.63, 3.8) is 0 Å². The third kappa shape index (κ3) is 3.96. The number of nitrogens with zero attached hydrogens (tertiary/aromatic N) is 2. The summed E-state index contributed by atoms with van der Waals surface area (Å²) in [6.45, 7) is 0. The molecule has 8 nitrogen and oxygen atoms in total. The van der Waals surface area contributed by atoms with Crippen LogP contribution in [0.2, 0.25) is 0 Å². The lowest BCUT2D eigenvalue weighted by Crippen LogP contribution is -2.43. The van der Waals surface area contributed by atoms with Crippen LogP contribution in [0.15, 0.2) is 48.8 Å². The Morgan fingerprint density at radius 3 is 2.50 bits per heavy atom. The maximum Gasteiger partial charge on any atom is 0.292 e. The van der Waals surface area contributed by atoms with E-state index in [9.17, 15) is 14.9 Å². The quantitative estimate of drug-likeness (QED) is 0.448. The molecule has 1 heterocycles. The number of thiocarbonyl (C=S) groups is 1. The van der Waals surface area contributed by atoms with Crippen molar-refractivity contribution in [1.82, 2.24) is 15.8 Å². The van der Waals surface area contributed by atoms with Crippen molar-refractivity contribution >= 4 is 34.6 Å². The summed E-state index contributed by atoms with van der Waals surface area (Å²) >= 11 is 4.98. The Morgan fingerprint density at radius 2 is 1.82 bits per heavy atom. The number of rotatable bonds is 3. The zero-order valence-electron chi connectivity index (χ0n) is 11.1. The Bertz CT molecular complexity index is 708. The molecule has 0 fully saturated rings. The van der Waals surface area contributed by atoms with Crippen LogP contribution in [0.1, 0.15) is 10.4 Å². The first-order valence-corrected chi connectivity index (χ1v) is 6.49. The predicted molar refractivity (Wildman–Crippen MR) is 84.2 cm³/mol. The standard InChI is InChI=1S/C13H11N5O3S/c19-12(9-5-7-14-8-6-9)16-17-13(22)15-10-3-1-2-4-11(10)18(20)21/h1-8H,(H,16,19)(H2,15,17,22). The fraction of sp³-hybridized carbons (Fsp3) is 0. The smallest absolute Gasteiger partial charge is 0.292 e. The highest BCUT2D eigenvalue weighted by Crippen LogP contribution is 2.22. The number of para-hydroxylation sites is 2. The summed E-state index contributed by atoms with van der Waals surface area (Å²) in [6, 6.07) is 9.11. The molecule has 0 radical (unpaired) electrons. The number of anilines is 1. The molecule has 0 saturated carbocycles. The van der Waals surface area contributed by atoms with Crippen molar-refractivity contribution in [2.45, 2.75) is 0 Å². The number of aromatic nitrogens is 1. The van der Waals surface area contributed by atoms with E-state index in [1.54, 1.807) is 12.1 Å². The van der Waals surface area contributed by atoms with Crippen LogP contribution in [0, 0.1) is 10.1 Å². The zero-order chi connectivity index (χ0) is 15.9. The van der Waals surface area contributed by atoms with E-state index in [4.69, 9.17) is 12.2 Å². The molecular formula is C13H11N5O3S. The van der Waals surface area contributed by atoms with Crippen LogP contribution < -0.4 is 16.2 Å². The van der Waals surface area contributed by atoms with Gasteiger partial charge in [-0.3, -0.25) is 30.7 Å². The van der Waals surface area contributed by atoms with Crippen molar-refractivity contribution in [3.8, 4) is 0 Å². The first kappa shape index (κ1) is 15.3. The van der Waals surface area contributed by atoms with Crippen LogP contribution in [-0.4, -0.2) is 20.9 Å². The minimum atomic E-state index is -0.527. The predicted octanol–water partition coefficient (Wildman–Crippen LogP) is 1.62. The molecule has 22 heavy (non-hydrogen) atoms. The zero-order valence-corrected chi connectivity index (χ0v) is 12.0. The first-order valence-electron chi connectivity index (χ1n) is 6.08. The van der Waals surface area contributed by atoms with E-state index >= 15 is 0 Å². The molecule has 1 aromatic heterocycles. The van der Waals surface area contributed by atoms with Crippen molar-refractivity contribution < 1.29 is 9.72 Å². The second-order valence-electron chi connectivity index (χ2n) is 4.04. The van der Waals surface area contributed by atoms with Gasteiger partial charge in [-0.1, -0.05) is 12.1 Å². The second-order valence-corrected chi connectivity index (χ2v) is 4.45. The minimum Gasteiger partial charge on any atom is -0.326 e. The van der Waals surface area contributed by atoms with Gasteiger partial charge in [-0.05, 0) is 30.4 Å². The minimum absolute atomic E-state index is 0.0247. The van der Waals surface area contributed by atoms with Gasteiger partial charge in [-0.2, -0.15) is 0 Å². The third-order valence-electron chi connectivity index (χ3n) is 2.58. The van der Waals surface area contributed by atoms with Gasteiger partial charge < -0.3 is 5.32 Å². The highest BCUT2D eigenvalue weighted by Gasteiger charge is 2.13. The lowest BCUT2D eigenvalue weighted by Gasteiger charge is -2.11. The van der Waals surface area contributed by atoms with Crippen molar-refractivity contribution in [2.75, 3.05) is 5.32 Å². The number of carbonyl (C=O) groups is 1. The average Bonchev–Trinajstić information content (AvgIpc) is 2.53. The molecule has 2 aromatic rings. The Morgan fingerprint density at radius 1 is 1.14 bits per heavy atom. The topological polar surface area (TPSA) is 109 Å². The number of hydrogen-bond acceptors (Lipinski definition) is 5. The molecule has 3 N–H and O–H groups in total. The van der Waals surface area contributed by atoms with Gasteiger partial charge in [0.2, 0.25) is 0 Å². The summed E-state index contributed by atoms with van der Waals surface area (Å²) in [5.74, 6) is -0.408. The summed E-state index contributed by atoms with van der Waals surface area (Å²) in [4.78, 5) is 25.9. The van der Waals surface area contributed by atoms with Crippen LogP contribution >= 0.6 is 12.2 Å². The SMILES string of the molecule is O=C(NNC(=S)Nc1ccccc1[N+](=O)[O-])c1ccncc1. The van der Waals surface area contributed by atoms with E-state index < -0.39 is 10.8 Å². The molecule has 9 heteroatoms. The maximum atomic E-state index is 11.8. The molecule has 0 spiro atoms. The Kier molecular flexibility index (Phi) is 4.94. The highest BCUT2D eigenvalue weighted by atomic mass is 32.1. The van der Waals surface area contributed by atoms with Gasteiger partial charge in [0, 0.05) is 24.0 Å². The number of carbonyl (C=O) groups excluding carboxylic acids is 1. The van der Waals surface area contributed by atoms with Crippen molar-refractivity contribution in [2.24, 2.45) is 0 Å². The Labute approximate surface area is 130 Å². The molecule has 0 unspecified atom stereocenters. The number of hydrazine groups is 1. The van der Waals surface area contributed by atoms with Crippen molar-refractivity contribution in [3.05, 3.63) is 64.5 Å².